The fourth-order valence-electron chi connectivity index (χ4n) is 2.00. The second kappa shape index (κ2) is 6.38. The van der Waals surface area contributed by atoms with E-state index in [2.05, 4.69) is 10.0 Å². The maximum atomic E-state index is 11.8. The third-order valence-electron chi connectivity index (χ3n) is 2.91. The number of hydrogen-bond acceptors (Lipinski definition) is 4. The molecule has 112 valence electrons. The van der Waals surface area contributed by atoms with Crippen molar-refractivity contribution in [3.63, 3.8) is 0 Å². The number of primary amides is 1. The number of phenols is 1. The smallest absolute Gasteiger partial charge is 0.324 e. The number of aromatic hydroxyl groups is 1. The molecule has 0 aromatic heterocycles. The van der Waals surface area contributed by atoms with Gasteiger partial charge in [0.05, 0.1) is 18.5 Å². The van der Waals surface area contributed by atoms with E-state index in [0.29, 0.717) is 11.4 Å². The highest BCUT2D eigenvalue weighted by Crippen LogP contribution is 2.39. The molecule has 2 amide bonds. The lowest BCUT2D eigenvalue weighted by atomic mass is 10.2. The molecule has 0 aliphatic heterocycles. The van der Waals surface area contributed by atoms with Gasteiger partial charge in [0.25, 0.3) is 0 Å². The molecule has 0 radical (unpaired) electrons. The second-order valence-corrected chi connectivity index (χ2v) is 4.21. The first-order valence-electron chi connectivity index (χ1n) is 6.19. The summed E-state index contributed by atoms with van der Waals surface area (Å²) in [5.74, 6) is 0.162. The van der Waals surface area contributed by atoms with E-state index in [9.17, 15) is 9.90 Å². The van der Waals surface area contributed by atoms with Gasteiger partial charge in [-0.15, -0.1) is 0 Å². The zero-order chi connectivity index (χ0) is 16.1. The van der Waals surface area contributed by atoms with Gasteiger partial charge in [0.2, 0.25) is 0 Å². The summed E-state index contributed by atoms with van der Waals surface area (Å²) in [7, 11) is 1.46. The molecule has 0 atom stereocenters. The Balaban J connectivity index is 2.58. The quantitative estimate of drug-likeness (QED) is 0.509. The van der Waals surface area contributed by atoms with Gasteiger partial charge in [-0.1, -0.05) is 23.3 Å². The van der Waals surface area contributed by atoms with E-state index in [1.54, 1.807) is 24.3 Å². The number of methoxy groups -OCH3 is 1. The van der Waals surface area contributed by atoms with Gasteiger partial charge in [0, 0.05) is 10.6 Å². The molecule has 0 fully saturated rings. The molecule has 0 heterocycles. The zero-order valence-electron chi connectivity index (χ0n) is 11.7. The number of hydrogen-bond donors (Lipinski definition) is 2. The van der Waals surface area contributed by atoms with Crippen LogP contribution in [0.15, 0.2) is 47.6 Å². The predicted molar refractivity (Wildman–Crippen MR) is 81.6 cm³/mol. The number of urea groups is 1. The molecule has 0 unspecified atom stereocenters. The lowest BCUT2D eigenvalue weighted by Crippen LogP contribution is -2.31. The van der Waals surface area contributed by atoms with E-state index < -0.39 is 6.03 Å². The van der Waals surface area contributed by atoms with Gasteiger partial charge >= 0.3 is 6.03 Å². The van der Waals surface area contributed by atoms with E-state index in [1.165, 1.54) is 25.3 Å². The summed E-state index contributed by atoms with van der Waals surface area (Å²) < 4.78 is 5.20. The van der Waals surface area contributed by atoms with Crippen molar-refractivity contribution in [3.05, 3.63) is 52.9 Å². The zero-order valence-corrected chi connectivity index (χ0v) is 11.7. The number of nitrogens with zero attached hydrogens (tertiary/aromatic N) is 4. The van der Waals surface area contributed by atoms with Crippen LogP contribution in [0, 0.1) is 0 Å². The van der Waals surface area contributed by atoms with Crippen LogP contribution in [0.5, 0.6) is 11.5 Å². The minimum Gasteiger partial charge on any atom is -0.506 e. The molecule has 8 nitrogen and oxygen atoms in total. The standard InChI is InChI=1S/C14H13N5O3/c1-22-13-5-3-2-4-11(13)19(14(15)21)10-7-6-9(17-18-16)8-12(10)20/h2-8,20H,1H3,(H2,15,21). The normalized spacial score (nSPS) is 9.68. The summed E-state index contributed by atoms with van der Waals surface area (Å²) in [6, 6.07) is 10.1. The summed E-state index contributed by atoms with van der Waals surface area (Å²) in [6.45, 7) is 0. The van der Waals surface area contributed by atoms with Crippen molar-refractivity contribution in [3.8, 4) is 11.5 Å². The van der Waals surface area contributed by atoms with Gasteiger partial charge in [-0.2, -0.15) is 0 Å². The number of ether oxygens (including phenoxy) is 1. The molecule has 22 heavy (non-hydrogen) atoms. The molecule has 2 aromatic rings. The highest BCUT2D eigenvalue weighted by Gasteiger charge is 2.21. The van der Waals surface area contributed by atoms with E-state index in [0.717, 1.165) is 4.90 Å². The van der Waals surface area contributed by atoms with Crippen molar-refractivity contribution in [2.45, 2.75) is 0 Å². The number of azide groups is 1. The summed E-state index contributed by atoms with van der Waals surface area (Å²) in [5, 5.41) is 13.5. The van der Waals surface area contributed by atoms with Gasteiger partial charge in [-0.3, -0.25) is 4.90 Å². The Morgan fingerprint density at radius 3 is 2.64 bits per heavy atom. The molecule has 0 saturated carbocycles. The Morgan fingerprint density at radius 2 is 2.05 bits per heavy atom. The van der Waals surface area contributed by atoms with Crippen LogP contribution in [0.4, 0.5) is 21.9 Å². The summed E-state index contributed by atoms with van der Waals surface area (Å²) in [4.78, 5) is 15.6. The molecule has 0 aliphatic carbocycles. The van der Waals surface area contributed by atoms with Crippen LogP contribution in [0.25, 0.3) is 10.4 Å². The lowest BCUT2D eigenvalue weighted by molar-refractivity contribution is 0.255. The van der Waals surface area contributed by atoms with Crippen molar-refractivity contribution in [2.24, 2.45) is 10.8 Å². The first-order valence-corrected chi connectivity index (χ1v) is 6.19. The minimum atomic E-state index is -0.795. The van der Waals surface area contributed by atoms with Crippen LogP contribution in [0.3, 0.4) is 0 Å². The Labute approximate surface area is 126 Å². The van der Waals surface area contributed by atoms with Gasteiger partial charge in [-0.05, 0) is 29.8 Å². The van der Waals surface area contributed by atoms with Crippen LogP contribution in [-0.4, -0.2) is 18.2 Å². The number of para-hydroxylation sites is 2. The first-order chi connectivity index (χ1) is 10.6. The third kappa shape index (κ3) is 2.87. The number of phenolic OH excluding ortho intramolecular Hbond substituents is 1. The number of rotatable bonds is 4. The Kier molecular flexibility index (Phi) is 4.36. The molecule has 0 aliphatic rings. The van der Waals surface area contributed by atoms with Crippen LogP contribution in [0.1, 0.15) is 0 Å². The second-order valence-electron chi connectivity index (χ2n) is 4.21. The van der Waals surface area contributed by atoms with E-state index in [4.69, 9.17) is 16.0 Å². The molecule has 2 rings (SSSR count). The average Bonchev–Trinajstić information content (AvgIpc) is 2.50. The fourth-order valence-corrected chi connectivity index (χ4v) is 2.00. The minimum absolute atomic E-state index is 0.147. The molecular weight excluding hydrogens is 286 g/mol. The van der Waals surface area contributed by atoms with Crippen molar-refractivity contribution in [2.75, 3.05) is 12.0 Å². The monoisotopic (exact) mass is 299 g/mol. The highest BCUT2D eigenvalue weighted by molar-refractivity contribution is 6.01. The van der Waals surface area contributed by atoms with Crippen LogP contribution in [0.2, 0.25) is 0 Å². The Hall–Kier alpha value is -3.38. The van der Waals surface area contributed by atoms with Crippen molar-refractivity contribution in [1.82, 2.24) is 0 Å². The Morgan fingerprint density at radius 1 is 1.32 bits per heavy atom. The number of anilines is 2. The van der Waals surface area contributed by atoms with Crippen LogP contribution in [-0.2, 0) is 0 Å². The van der Waals surface area contributed by atoms with Crippen molar-refractivity contribution < 1.29 is 14.6 Å². The summed E-state index contributed by atoms with van der Waals surface area (Å²) in [5.41, 5.74) is 14.6. The largest absolute Gasteiger partial charge is 0.506 e. The van der Waals surface area contributed by atoms with Gasteiger partial charge in [0.15, 0.2) is 0 Å². The average molecular weight is 299 g/mol. The van der Waals surface area contributed by atoms with Gasteiger partial charge < -0.3 is 15.6 Å². The summed E-state index contributed by atoms with van der Waals surface area (Å²) in [6.07, 6.45) is 0. The lowest BCUT2D eigenvalue weighted by Gasteiger charge is -2.23. The maximum Gasteiger partial charge on any atom is 0.324 e. The molecule has 0 bridgehead atoms. The van der Waals surface area contributed by atoms with Crippen molar-refractivity contribution in [1.29, 1.82) is 0 Å². The predicted octanol–water partition coefficient (Wildman–Crippen LogP) is 3.56. The van der Waals surface area contributed by atoms with E-state index >= 15 is 0 Å². The highest BCUT2D eigenvalue weighted by atomic mass is 16.5. The number of nitrogens with two attached hydrogens (primary N) is 1. The Bertz CT molecular complexity index is 756. The molecule has 0 spiro atoms. The molecule has 0 saturated heterocycles. The maximum absolute atomic E-state index is 11.8. The SMILES string of the molecule is COc1ccccc1N(C(N)=O)c1ccc(N=[N+]=[N-])cc1O. The first kappa shape index (κ1) is 15.0. The number of benzene rings is 2. The summed E-state index contributed by atoms with van der Waals surface area (Å²) >= 11 is 0. The van der Waals surface area contributed by atoms with Crippen LogP contribution < -0.4 is 15.4 Å². The number of carbonyl (C=O) groups is 1. The topological polar surface area (TPSA) is 125 Å². The van der Waals surface area contributed by atoms with Gasteiger partial charge in [0.1, 0.15) is 11.5 Å². The van der Waals surface area contributed by atoms with Crippen molar-refractivity contribution >= 4 is 23.1 Å². The number of carbonyl (C=O) groups excluding carboxylic acids is 1. The number of amides is 2. The fraction of sp³-hybridized carbons (Fsp3) is 0.0714. The van der Waals surface area contributed by atoms with E-state index in [1.807, 2.05) is 0 Å². The molecule has 8 heteroatoms. The molecular formula is C14H13N5O3. The van der Waals surface area contributed by atoms with Gasteiger partial charge in [-0.25, -0.2) is 4.79 Å². The van der Waals surface area contributed by atoms with Crippen LogP contribution >= 0.6 is 0 Å². The molecule has 2 aromatic carbocycles. The third-order valence-corrected chi connectivity index (χ3v) is 2.91. The molecule has 3 N–H and O–H groups in total. The van der Waals surface area contributed by atoms with E-state index in [-0.39, 0.29) is 17.1 Å².